The topological polar surface area (TPSA) is 96.5 Å². The average molecular weight is 294 g/mol. The Balaban J connectivity index is 2.00. The van der Waals surface area contributed by atoms with Crippen LogP contribution in [0.15, 0.2) is 28.8 Å². The summed E-state index contributed by atoms with van der Waals surface area (Å²) in [6.07, 6.45) is 2.82. The highest BCUT2D eigenvalue weighted by atomic mass is 32.1. The van der Waals surface area contributed by atoms with Gasteiger partial charge in [-0.05, 0) is 11.5 Å². The van der Waals surface area contributed by atoms with Gasteiger partial charge in [0.2, 0.25) is 5.82 Å². The number of hydrogen-bond acceptors (Lipinski definition) is 8. The molecule has 0 atom stereocenters. The van der Waals surface area contributed by atoms with Crippen molar-refractivity contribution in [2.24, 2.45) is 10.2 Å². The minimum absolute atomic E-state index is 0.343. The van der Waals surface area contributed by atoms with Crippen molar-refractivity contribution >= 4 is 33.4 Å². The number of aromatic nitrogens is 4. The Bertz CT molecular complexity index is 821. The zero-order valence-corrected chi connectivity index (χ0v) is 10.3. The zero-order valence-electron chi connectivity index (χ0n) is 9.53. The highest BCUT2D eigenvalue weighted by molar-refractivity contribution is 7.11. The molecule has 0 radical (unpaired) electrons. The highest BCUT2D eigenvalue weighted by Gasteiger charge is 2.11. The Morgan fingerprint density at radius 1 is 1.25 bits per heavy atom. The molecule has 7 nitrogen and oxygen atoms in total. The van der Waals surface area contributed by atoms with Gasteiger partial charge in [0.05, 0.1) is 5.39 Å². The first-order chi connectivity index (χ1) is 9.65. The van der Waals surface area contributed by atoms with E-state index in [2.05, 4.69) is 29.6 Å². The summed E-state index contributed by atoms with van der Waals surface area (Å²) in [6.45, 7) is 0. The number of halogens is 2. The van der Waals surface area contributed by atoms with Gasteiger partial charge in [-0.15, -0.1) is 10.2 Å². The summed E-state index contributed by atoms with van der Waals surface area (Å²) in [7, 11) is 0. The summed E-state index contributed by atoms with van der Waals surface area (Å²) in [5, 5.41) is 17.1. The zero-order chi connectivity index (χ0) is 14.1. The van der Waals surface area contributed by atoms with Gasteiger partial charge in [-0.2, -0.15) is 13.7 Å². The number of azo groups is 1. The minimum Gasteiger partial charge on any atom is -0.504 e. The van der Waals surface area contributed by atoms with E-state index in [0.29, 0.717) is 22.1 Å². The van der Waals surface area contributed by atoms with Gasteiger partial charge in [0.15, 0.2) is 22.2 Å². The van der Waals surface area contributed by atoms with Crippen LogP contribution in [0.3, 0.4) is 0 Å². The quantitative estimate of drug-likeness (QED) is 0.579. The fraction of sp³-hybridized carbons (Fsp3) is 0. The van der Waals surface area contributed by atoms with Crippen LogP contribution in [0.4, 0.5) is 19.6 Å². The number of pyridine rings is 1. The minimum atomic E-state index is -1.22. The molecule has 100 valence electrons. The van der Waals surface area contributed by atoms with Crippen molar-refractivity contribution in [2.75, 3.05) is 0 Å². The smallest absolute Gasteiger partial charge is 0.257 e. The van der Waals surface area contributed by atoms with Crippen LogP contribution in [-0.2, 0) is 0 Å². The van der Waals surface area contributed by atoms with Crippen molar-refractivity contribution in [1.82, 2.24) is 19.3 Å². The summed E-state index contributed by atoms with van der Waals surface area (Å²) in [5.74, 6) is -3.67. The van der Waals surface area contributed by atoms with Gasteiger partial charge in [-0.25, -0.2) is 14.4 Å². The van der Waals surface area contributed by atoms with Gasteiger partial charge >= 0.3 is 0 Å². The van der Waals surface area contributed by atoms with Crippen LogP contribution >= 0.6 is 11.5 Å². The SMILES string of the molecule is Oc1cc(F)c(/N=N/c2snc3ncncc23)nc1F. The molecule has 3 aromatic heterocycles. The molecular weight excluding hydrogens is 290 g/mol. The van der Waals surface area contributed by atoms with Crippen LogP contribution in [0.25, 0.3) is 11.0 Å². The summed E-state index contributed by atoms with van der Waals surface area (Å²) >= 11 is 0.989. The molecule has 0 bridgehead atoms. The van der Waals surface area contributed by atoms with E-state index in [-0.39, 0.29) is 0 Å². The van der Waals surface area contributed by atoms with E-state index >= 15 is 0 Å². The monoisotopic (exact) mass is 294 g/mol. The molecule has 3 aromatic rings. The van der Waals surface area contributed by atoms with Crippen molar-refractivity contribution < 1.29 is 13.9 Å². The first kappa shape index (κ1) is 12.4. The van der Waals surface area contributed by atoms with Crippen molar-refractivity contribution in [3.63, 3.8) is 0 Å². The first-order valence-electron chi connectivity index (χ1n) is 5.17. The van der Waals surface area contributed by atoms with E-state index in [9.17, 15) is 8.78 Å². The van der Waals surface area contributed by atoms with Crippen molar-refractivity contribution in [2.45, 2.75) is 0 Å². The predicted octanol–water partition coefficient (Wildman–Crippen LogP) is 2.88. The summed E-state index contributed by atoms with van der Waals surface area (Å²) in [4.78, 5) is 10.9. The molecule has 0 aliphatic rings. The third-order valence-corrected chi connectivity index (χ3v) is 3.01. The van der Waals surface area contributed by atoms with Gasteiger partial charge < -0.3 is 5.11 Å². The van der Waals surface area contributed by atoms with Gasteiger partial charge in [-0.1, -0.05) is 0 Å². The van der Waals surface area contributed by atoms with Crippen LogP contribution in [-0.4, -0.2) is 24.4 Å². The van der Waals surface area contributed by atoms with Gasteiger partial charge in [0.25, 0.3) is 5.95 Å². The Morgan fingerprint density at radius 3 is 2.95 bits per heavy atom. The van der Waals surface area contributed by atoms with Crippen molar-refractivity contribution in [3.8, 4) is 5.75 Å². The Morgan fingerprint density at radius 2 is 2.10 bits per heavy atom. The molecule has 20 heavy (non-hydrogen) atoms. The van der Waals surface area contributed by atoms with Gasteiger partial charge in [0, 0.05) is 12.3 Å². The molecule has 0 aliphatic carbocycles. The maximum absolute atomic E-state index is 13.4. The van der Waals surface area contributed by atoms with Crippen LogP contribution in [0.2, 0.25) is 0 Å². The van der Waals surface area contributed by atoms with Crippen LogP contribution in [0.1, 0.15) is 0 Å². The molecule has 3 rings (SSSR count). The van der Waals surface area contributed by atoms with E-state index in [0.717, 1.165) is 11.5 Å². The lowest BCUT2D eigenvalue weighted by atomic mass is 10.4. The molecule has 1 N–H and O–H groups in total. The maximum atomic E-state index is 13.4. The van der Waals surface area contributed by atoms with Gasteiger partial charge in [-0.3, -0.25) is 0 Å². The molecule has 0 aliphatic heterocycles. The molecule has 0 amide bonds. The lowest BCUT2D eigenvalue weighted by molar-refractivity contribution is 0.412. The summed E-state index contributed by atoms with van der Waals surface area (Å²) in [6, 6.07) is 0.574. The number of hydrogen-bond donors (Lipinski definition) is 1. The predicted molar refractivity (Wildman–Crippen MR) is 65.2 cm³/mol. The van der Waals surface area contributed by atoms with E-state index in [1.54, 1.807) is 0 Å². The maximum Gasteiger partial charge on any atom is 0.257 e. The molecule has 0 saturated heterocycles. The largest absolute Gasteiger partial charge is 0.504 e. The van der Waals surface area contributed by atoms with Crippen molar-refractivity contribution in [1.29, 1.82) is 0 Å². The number of aromatic hydroxyl groups is 1. The second-order valence-electron chi connectivity index (χ2n) is 3.55. The normalized spacial score (nSPS) is 11.5. The summed E-state index contributed by atoms with van der Waals surface area (Å²) in [5.41, 5.74) is 0.435. The Hall–Kier alpha value is -2.62. The molecule has 3 heterocycles. The number of nitrogens with zero attached hydrogens (tertiary/aromatic N) is 6. The van der Waals surface area contributed by atoms with E-state index in [4.69, 9.17) is 5.11 Å². The van der Waals surface area contributed by atoms with Crippen LogP contribution < -0.4 is 0 Å². The first-order valence-corrected chi connectivity index (χ1v) is 5.94. The molecular formula is C10H4F2N6OS. The van der Waals surface area contributed by atoms with E-state index in [1.165, 1.54) is 12.5 Å². The fourth-order valence-electron chi connectivity index (χ4n) is 1.37. The molecule has 0 aromatic carbocycles. The third kappa shape index (κ3) is 2.16. The molecule has 0 saturated carbocycles. The second kappa shape index (κ2) is 4.81. The highest BCUT2D eigenvalue weighted by Crippen LogP contribution is 2.30. The lowest BCUT2D eigenvalue weighted by Crippen LogP contribution is -1.87. The molecule has 10 heteroatoms. The third-order valence-electron chi connectivity index (χ3n) is 2.27. The number of fused-ring (bicyclic) bond motifs is 1. The van der Waals surface area contributed by atoms with Gasteiger partial charge in [0.1, 0.15) is 6.33 Å². The Labute approximate surface area is 113 Å². The molecule has 0 unspecified atom stereocenters. The molecule has 0 fully saturated rings. The fourth-order valence-corrected chi connectivity index (χ4v) is 2.00. The van der Waals surface area contributed by atoms with E-state index in [1.807, 2.05) is 0 Å². The number of rotatable bonds is 2. The van der Waals surface area contributed by atoms with Crippen LogP contribution in [0.5, 0.6) is 5.75 Å². The second-order valence-corrected chi connectivity index (χ2v) is 4.30. The van der Waals surface area contributed by atoms with Crippen LogP contribution in [0, 0.1) is 11.8 Å². The molecule has 0 spiro atoms. The lowest BCUT2D eigenvalue weighted by Gasteiger charge is -1.97. The van der Waals surface area contributed by atoms with Crippen molar-refractivity contribution in [3.05, 3.63) is 30.4 Å². The average Bonchev–Trinajstić information content (AvgIpc) is 2.85. The summed E-state index contributed by atoms with van der Waals surface area (Å²) < 4.78 is 30.4. The standard InChI is InChI=1S/C10H4F2N6OS/c11-5-1-6(19)7(12)15-9(5)16-17-10-4-2-13-3-14-8(4)18-20-10/h1-3,19H/b17-16+. The Kier molecular flexibility index (Phi) is 2.99. The van der Waals surface area contributed by atoms with E-state index < -0.39 is 23.3 Å².